The van der Waals surface area contributed by atoms with Crippen molar-refractivity contribution >= 4 is 28.1 Å². The van der Waals surface area contributed by atoms with Crippen LogP contribution in [0.25, 0.3) is 11.0 Å². The number of rotatable bonds is 9. The van der Waals surface area contributed by atoms with E-state index in [2.05, 4.69) is 25.1 Å². The monoisotopic (exact) mass is 440 g/mol. The van der Waals surface area contributed by atoms with Crippen LogP contribution in [0, 0.1) is 10.1 Å². The molecule has 4 rings (SSSR count). The first kappa shape index (κ1) is 21.9. The third-order valence-electron chi connectivity index (χ3n) is 5.80. The van der Waals surface area contributed by atoms with E-state index in [-0.39, 0.29) is 16.1 Å². The summed E-state index contributed by atoms with van der Waals surface area (Å²) in [6, 6.07) is 7.66. The highest BCUT2D eigenvalue weighted by Crippen LogP contribution is 2.41. The maximum absolute atomic E-state index is 12.1. The smallest absolute Gasteiger partial charge is 0.323 e. The van der Waals surface area contributed by atoms with Gasteiger partial charge in [0.05, 0.1) is 22.8 Å². The first-order valence-electron chi connectivity index (χ1n) is 11.0. The molecule has 0 atom stereocenters. The molecule has 0 N–H and O–H groups in total. The van der Waals surface area contributed by atoms with Crippen LogP contribution in [0.4, 0.5) is 17.1 Å². The van der Waals surface area contributed by atoms with Crippen LogP contribution in [0.15, 0.2) is 35.1 Å². The van der Waals surface area contributed by atoms with Gasteiger partial charge in [-0.2, -0.15) is 0 Å². The third-order valence-corrected chi connectivity index (χ3v) is 5.80. The SMILES string of the molecule is COCCCN(Cc1ccccn1)c1cc(N2CCCCCC2)c([N+](=O)[O-])c2nonc12. The van der Waals surface area contributed by atoms with Crippen LogP contribution in [0.1, 0.15) is 37.8 Å². The summed E-state index contributed by atoms with van der Waals surface area (Å²) in [5.74, 6) is 0. The number of hydrogen-bond acceptors (Lipinski definition) is 9. The lowest BCUT2D eigenvalue weighted by atomic mass is 10.1. The number of nitro groups is 1. The standard InChI is InChI=1S/C22H28N6O4/c1-31-14-8-13-27(16-17-9-4-5-10-23-17)18-15-19(26-11-6-2-3-7-12-26)22(28(29)30)21-20(18)24-32-25-21/h4-5,9-10,15H,2-3,6-8,11-14,16H2,1H3. The Balaban J connectivity index is 1.81. The molecule has 0 radical (unpaired) electrons. The van der Waals surface area contributed by atoms with E-state index in [0.717, 1.165) is 56.6 Å². The third kappa shape index (κ3) is 4.80. The van der Waals surface area contributed by atoms with Crippen molar-refractivity contribution in [3.8, 4) is 0 Å². The van der Waals surface area contributed by atoms with Gasteiger partial charge in [0, 0.05) is 39.5 Å². The fourth-order valence-electron chi connectivity index (χ4n) is 4.24. The number of nitrogens with zero attached hydrogens (tertiary/aromatic N) is 6. The summed E-state index contributed by atoms with van der Waals surface area (Å²) in [5, 5.41) is 20.1. The molecular weight excluding hydrogens is 412 g/mol. The zero-order chi connectivity index (χ0) is 22.3. The highest BCUT2D eigenvalue weighted by atomic mass is 16.6. The fraction of sp³-hybridized carbons (Fsp3) is 0.500. The van der Waals surface area contributed by atoms with Crippen LogP contribution >= 0.6 is 0 Å². The second-order valence-electron chi connectivity index (χ2n) is 7.97. The van der Waals surface area contributed by atoms with Crippen molar-refractivity contribution in [3.63, 3.8) is 0 Å². The number of methoxy groups -OCH3 is 1. The van der Waals surface area contributed by atoms with E-state index in [0.29, 0.717) is 30.9 Å². The molecule has 2 aromatic heterocycles. The van der Waals surface area contributed by atoms with Crippen molar-refractivity contribution in [1.82, 2.24) is 15.3 Å². The highest BCUT2D eigenvalue weighted by molar-refractivity contribution is 6.00. The molecule has 1 aliphatic rings. The van der Waals surface area contributed by atoms with Crippen LogP contribution in [-0.2, 0) is 11.3 Å². The summed E-state index contributed by atoms with van der Waals surface area (Å²) in [6.45, 7) is 3.36. The van der Waals surface area contributed by atoms with Crippen molar-refractivity contribution in [1.29, 1.82) is 0 Å². The van der Waals surface area contributed by atoms with Crippen molar-refractivity contribution < 1.29 is 14.3 Å². The summed E-state index contributed by atoms with van der Waals surface area (Å²) in [5.41, 5.74) is 2.76. The summed E-state index contributed by atoms with van der Waals surface area (Å²) in [4.78, 5) is 20.4. The Morgan fingerprint density at radius 1 is 1.19 bits per heavy atom. The molecule has 1 aliphatic heterocycles. The molecule has 0 amide bonds. The van der Waals surface area contributed by atoms with E-state index >= 15 is 0 Å². The molecule has 0 aliphatic carbocycles. The maximum atomic E-state index is 12.1. The van der Waals surface area contributed by atoms with Gasteiger partial charge in [0.25, 0.3) is 0 Å². The Labute approximate surface area is 186 Å². The molecule has 10 nitrogen and oxygen atoms in total. The lowest BCUT2D eigenvalue weighted by Crippen LogP contribution is -2.28. The average molecular weight is 441 g/mol. The molecule has 0 bridgehead atoms. The van der Waals surface area contributed by atoms with Gasteiger partial charge < -0.3 is 14.5 Å². The molecule has 0 saturated carbocycles. The minimum Gasteiger partial charge on any atom is -0.385 e. The summed E-state index contributed by atoms with van der Waals surface area (Å²) >= 11 is 0. The number of pyridine rings is 1. The van der Waals surface area contributed by atoms with Crippen LogP contribution in [0.3, 0.4) is 0 Å². The zero-order valence-electron chi connectivity index (χ0n) is 18.3. The van der Waals surface area contributed by atoms with E-state index in [1.54, 1.807) is 13.3 Å². The molecule has 170 valence electrons. The predicted octanol–water partition coefficient (Wildman–Crippen LogP) is 3.95. The van der Waals surface area contributed by atoms with E-state index in [9.17, 15) is 10.1 Å². The van der Waals surface area contributed by atoms with Gasteiger partial charge in [-0.1, -0.05) is 18.9 Å². The van der Waals surface area contributed by atoms with Gasteiger partial charge >= 0.3 is 5.69 Å². The van der Waals surface area contributed by atoms with Crippen molar-refractivity contribution in [2.45, 2.75) is 38.6 Å². The van der Waals surface area contributed by atoms with E-state index in [1.165, 1.54) is 0 Å². The van der Waals surface area contributed by atoms with Gasteiger partial charge in [0.1, 0.15) is 5.69 Å². The summed E-state index contributed by atoms with van der Waals surface area (Å²) in [7, 11) is 1.67. The normalized spacial score (nSPS) is 14.5. The van der Waals surface area contributed by atoms with Crippen LogP contribution < -0.4 is 9.80 Å². The molecule has 10 heteroatoms. The molecule has 3 aromatic rings. The second kappa shape index (κ2) is 10.4. The van der Waals surface area contributed by atoms with Crippen molar-refractivity contribution in [3.05, 3.63) is 46.3 Å². The summed E-state index contributed by atoms with van der Waals surface area (Å²) < 4.78 is 10.2. The lowest BCUT2D eigenvalue weighted by molar-refractivity contribution is -0.382. The number of ether oxygens (including phenoxy) is 1. The number of hydrogen-bond donors (Lipinski definition) is 0. The van der Waals surface area contributed by atoms with Gasteiger partial charge in [-0.05, 0) is 47.8 Å². The van der Waals surface area contributed by atoms with Crippen molar-refractivity contribution in [2.75, 3.05) is 43.2 Å². The van der Waals surface area contributed by atoms with Gasteiger partial charge in [0.15, 0.2) is 5.52 Å². The molecule has 3 heterocycles. The second-order valence-corrected chi connectivity index (χ2v) is 7.97. The number of fused-ring (bicyclic) bond motifs is 1. The molecule has 0 unspecified atom stereocenters. The number of anilines is 2. The van der Waals surface area contributed by atoms with E-state index in [4.69, 9.17) is 9.37 Å². The molecule has 0 spiro atoms. The van der Waals surface area contributed by atoms with Crippen LogP contribution in [-0.4, -0.2) is 53.6 Å². The van der Waals surface area contributed by atoms with Gasteiger partial charge in [-0.15, -0.1) is 0 Å². The number of aromatic nitrogens is 3. The number of benzene rings is 1. The van der Waals surface area contributed by atoms with Crippen LogP contribution in [0.5, 0.6) is 0 Å². The maximum Gasteiger partial charge on any atom is 0.323 e. The Bertz CT molecular complexity index is 1030. The Morgan fingerprint density at radius 3 is 2.66 bits per heavy atom. The minimum absolute atomic E-state index is 0.0402. The zero-order valence-corrected chi connectivity index (χ0v) is 18.3. The predicted molar refractivity (Wildman–Crippen MR) is 121 cm³/mol. The first-order chi connectivity index (χ1) is 15.7. The molecule has 1 aromatic carbocycles. The molecule has 1 fully saturated rings. The largest absolute Gasteiger partial charge is 0.385 e. The van der Waals surface area contributed by atoms with Crippen LogP contribution in [0.2, 0.25) is 0 Å². The van der Waals surface area contributed by atoms with Crippen molar-refractivity contribution in [2.24, 2.45) is 0 Å². The van der Waals surface area contributed by atoms with Gasteiger partial charge in [-0.3, -0.25) is 15.1 Å². The van der Waals surface area contributed by atoms with Gasteiger partial charge in [0.2, 0.25) is 5.52 Å². The number of nitro benzene ring substituents is 1. The summed E-state index contributed by atoms with van der Waals surface area (Å²) in [6.07, 6.45) is 6.82. The average Bonchev–Trinajstić information content (AvgIpc) is 3.12. The first-order valence-corrected chi connectivity index (χ1v) is 11.0. The van der Waals surface area contributed by atoms with E-state index in [1.807, 2.05) is 24.3 Å². The topological polar surface area (TPSA) is 111 Å². The van der Waals surface area contributed by atoms with Gasteiger partial charge in [-0.25, -0.2) is 4.63 Å². The van der Waals surface area contributed by atoms with E-state index < -0.39 is 0 Å². The quantitative estimate of drug-likeness (QED) is 0.277. The fourth-order valence-corrected chi connectivity index (χ4v) is 4.24. The minimum atomic E-state index is -0.370. The molecular formula is C22H28N6O4. The Hall–Kier alpha value is -3.27. The highest BCUT2D eigenvalue weighted by Gasteiger charge is 2.30. The Morgan fingerprint density at radius 2 is 1.97 bits per heavy atom. The molecule has 32 heavy (non-hydrogen) atoms. The molecule has 1 saturated heterocycles. The lowest BCUT2D eigenvalue weighted by Gasteiger charge is -2.27. The Kier molecular flexibility index (Phi) is 7.10.